The molecular formula is C10H20F2N2O2. The zero-order chi connectivity index (χ0) is 12.4. The molecule has 0 heterocycles. The number of carbonyl (C=O) groups excluding carboxylic acids is 1. The van der Waals surface area contributed by atoms with Crippen LogP contribution in [-0.2, 0) is 9.53 Å². The minimum absolute atomic E-state index is 0.0949. The van der Waals surface area contributed by atoms with E-state index in [1.54, 1.807) is 0 Å². The number of ether oxygens (including phenoxy) is 1. The molecule has 0 saturated heterocycles. The van der Waals surface area contributed by atoms with E-state index in [1.165, 1.54) is 0 Å². The van der Waals surface area contributed by atoms with E-state index in [4.69, 9.17) is 0 Å². The van der Waals surface area contributed by atoms with Crippen molar-refractivity contribution in [3.05, 3.63) is 0 Å². The molecule has 0 atom stereocenters. The Kier molecular flexibility index (Phi) is 9.03. The number of nitrogens with one attached hydrogen (secondary N) is 2. The third-order valence-corrected chi connectivity index (χ3v) is 1.66. The molecule has 16 heavy (non-hydrogen) atoms. The second kappa shape index (κ2) is 9.47. The number of amides is 1. The number of halogens is 2. The second-order valence-electron chi connectivity index (χ2n) is 3.84. The fourth-order valence-corrected chi connectivity index (χ4v) is 0.899. The van der Waals surface area contributed by atoms with Gasteiger partial charge in [0, 0.05) is 13.1 Å². The zero-order valence-electron chi connectivity index (χ0n) is 9.76. The molecule has 0 bridgehead atoms. The first-order valence-corrected chi connectivity index (χ1v) is 5.35. The van der Waals surface area contributed by atoms with E-state index >= 15 is 0 Å². The van der Waals surface area contributed by atoms with E-state index in [1.807, 2.05) is 13.8 Å². The Hall–Kier alpha value is -0.750. The van der Waals surface area contributed by atoms with Gasteiger partial charge in [-0.15, -0.1) is 0 Å². The molecule has 0 rings (SSSR count). The molecule has 0 saturated carbocycles. The van der Waals surface area contributed by atoms with E-state index in [0.29, 0.717) is 19.0 Å². The van der Waals surface area contributed by atoms with Crippen LogP contribution >= 0.6 is 0 Å². The molecule has 0 aliphatic heterocycles. The van der Waals surface area contributed by atoms with Gasteiger partial charge >= 0.3 is 0 Å². The first-order chi connectivity index (χ1) is 7.52. The topological polar surface area (TPSA) is 50.4 Å². The van der Waals surface area contributed by atoms with Crippen molar-refractivity contribution in [3.8, 4) is 0 Å². The van der Waals surface area contributed by atoms with Crippen molar-refractivity contribution in [1.29, 1.82) is 0 Å². The predicted octanol–water partition coefficient (Wildman–Crippen LogP) is 0.630. The normalized spacial score (nSPS) is 11.1. The van der Waals surface area contributed by atoms with Crippen LogP contribution < -0.4 is 10.6 Å². The summed E-state index contributed by atoms with van der Waals surface area (Å²) in [5, 5.41) is 5.53. The molecule has 0 aliphatic rings. The first kappa shape index (κ1) is 15.2. The Morgan fingerprint density at radius 1 is 1.38 bits per heavy atom. The van der Waals surface area contributed by atoms with E-state index in [0.717, 1.165) is 0 Å². The molecule has 0 aromatic rings. The van der Waals surface area contributed by atoms with Gasteiger partial charge in [0.05, 0.1) is 13.2 Å². The predicted molar refractivity (Wildman–Crippen MR) is 57.5 cm³/mol. The van der Waals surface area contributed by atoms with Crippen molar-refractivity contribution in [1.82, 2.24) is 10.6 Å². The number of alkyl halides is 2. The van der Waals surface area contributed by atoms with Crippen LogP contribution in [0.15, 0.2) is 0 Å². The summed E-state index contributed by atoms with van der Waals surface area (Å²) < 4.78 is 27.9. The molecule has 0 aromatic heterocycles. The van der Waals surface area contributed by atoms with Crippen molar-refractivity contribution in [2.75, 3.05) is 32.8 Å². The van der Waals surface area contributed by atoms with E-state index < -0.39 is 13.0 Å². The van der Waals surface area contributed by atoms with Gasteiger partial charge in [0.15, 0.2) is 0 Å². The molecule has 4 nitrogen and oxygen atoms in total. The number of carbonyl (C=O) groups is 1. The molecule has 6 heteroatoms. The third kappa shape index (κ3) is 11.3. The van der Waals surface area contributed by atoms with Crippen molar-refractivity contribution < 1.29 is 18.3 Å². The highest BCUT2D eigenvalue weighted by Gasteiger charge is 2.02. The highest BCUT2D eigenvalue weighted by atomic mass is 19.3. The minimum Gasteiger partial charge on any atom is -0.374 e. The lowest BCUT2D eigenvalue weighted by Crippen LogP contribution is -2.37. The Morgan fingerprint density at radius 3 is 2.62 bits per heavy atom. The van der Waals surface area contributed by atoms with Crippen LogP contribution in [0.4, 0.5) is 8.78 Å². The summed E-state index contributed by atoms with van der Waals surface area (Å²) in [6.07, 6.45) is -2.44. The smallest absolute Gasteiger partial charge is 0.261 e. The van der Waals surface area contributed by atoms with Gasteiger partial charge in [-0.1, -0.05) is 13.8 Å². The van der Waals surface area contributed by atoms with Gasteiger partial charge in [0.2, 0.25) is 5.91 Å². The van der Waals surface area contributed by atoms with E-state index in [-0.39, 0.29) is 19.1 Å². The maximum Gasteiger partial charge on any atom is 0.261 e. The molecule has 0 fully saturated rings. The molecule has 0 aromatic carbocycles. The van der Waals surface area contributed by atoms with Crippen LogP contribution in [-0.4, -0.2) is 45.2 Å². The zero-order valence-corrected chi connectivity index (χ0v) is 9.76. The summed E-state index contributed by atoms with van der Waals surface area (Å²) in [5.41, 5.74) is 0. The standard InChI is InChI=1S/C10H20F2N2O2/c1-8(2)5-14-10(15)6-13-3-4-16-7-9(11)12/h8-9,13H,3-7H2,1-2H3,(H,14,15). The average molecular weight is 238 g/mol. The summed E-state index contributed by atoms with van der Waals surface area (Å²) >= 11 is 0. The Morgan fingerprint density at radius 2 is 2.06 bits per heavy atom. The Bertz CT molecular complexity index is 190. The van der Waals surface area contributed by atoms with Crippen LogP contribution in [0.3, 0.4) is 0 Å². The summed E-state index contributed by atoms with van der Waals surface area (Å²) in [6.45, 7) is 4.86. The number of hydrogen-bond acceptors (Lipinski definition) is 3. The van der Waals surface area contributed by atoms with Crippen LogP contribution in [0.25, 0.3) is 0 Å². The molecule has 2 N–H and O–H groups in total. The fraction of sp³-hybridized carbons (Fsp3) is 0.900. The largest absolute Gasteiger partial charge is 0.374 e. The lowest BCUT2D eigenvalue weighted by atomic mass is 10.2. The molecule has 0 spiro atoms. The maximum absolute atomic E-state index is 11.6. The van der Waals surface area contributed by atoms with E-state index in [2.05, 4.69) is 15.4 Å². The van der Waals surface area contributed by atoms with Crippen molar-refractivity contribution >= 4 is 5.91 Å². The SMILES string of the molecule is CC(C)CNC(=O)CNCCOCC(F)F. The highest BCUT2D eigenvalue weighted by molar-refractivity contribution is 5.77. The van der Waals surface area contributed by atoms with Gasteiger partial charge in [-0.3, -0.25) is 4.79 Å². The first-order valence-electron chi connectivity index (χ1n) is 5.35. The summed E-state index contributed by atoms with van der Waals surface area (Å²) in [7, 11) is 0. The quantitative estimate of drug-likeness (QED) is 0.579. The molecule has 0 unspecified atom stereocenters. The van der Waals surface area contributed by atoms with Gasteiger partial charge < -0.3 is 15.4 Å². The average Bonchev–Trinajstić information content (AvgIpc) is 2.19. The van der Waals surface area contributed by atoms with Gasteiger partial charge in [0.25, 0.3) is 6.43 Å². The fourth-order valence-electron chi connectivity index (χ4n) is 0.899. The molecule has 0 radical (unpaired) electrons. The minimum atomic E-state index is -2.44. The second-order valence-corrected chi connectivity index (χ2v) is 3.84. The van der Waals surface area contributed by atoms with Crippen LogP contribution in [0.1, 0.15) is 13.8 Å². The van der Waals surface area contributed by atoms with Gasteiger partial charge in [-0.05, 0) is 5.92 Å². The number of hydrogen-bond donors (Lipinski definition) is 2. The number of rotatable bonds is 9. The molecular weight excluding hydrogens is 218 g/mol. The molecule has 0 aliphatic carbocycles. The van der Waals surface area contributed by atoms with Gasteiger partial charge in [-0.2, -0.15) is 0 Å². The van der Waals surface area contributed by atoms with Crippen molar-refractivity contribution in [2.45, 2.75) is 20.3 Å². The third-order valence-electron chi connectivity index (χ3n) is 1.66. The lowest BCUT2D eigenvalue weighted by Gasteiger charge is -2.08. The highest BCUT2D eigenvalue weighted by Crippen LogP contribution is 1.91. The van der Waals surface area contributed by atoms with Gasteiger partial charge in [-0.25, -0.2) is 8.78 Å². The van der Waals surface area contributed by atoms with Crippen LogP contribution in [0.5, 0.6) is 0 Å². The molecule has 96 valence electrons. The lowest BCUT2D eigenvalue weighted by molar-refractivity contribution is -0.120. The van der Waals surface area contributed by atoms with Crippen LogP contribution in [0, 0.1) is 5.92 Å². The van der Waals surface area contributed by atoms with Crippen LogP contribution in [0.2, 0.25) is 0 Å². The maximum atomic E-state index is 11.6. The van der Waals surface area contributed by atoms with Gasteiger partial charge in [0.1, 0.15) is 6.61 Å². The monoisotopic (exact) mass is 238 g/mol. The Balaban J connectivity index is 3.21. The summed E-state index contributed by atoms with van der Waals surface area (Å²) in [4.78, 5) is 11.2. The van der Waals surface area contributed by atoms with Crippen molar-refractivity contribution in [2.24, 2.45) is 5.92 Å². The summed E-state index contributed by atoms with van der Waals surface area (Å²) in [5.74, 6) is 0.320. The Labute approximate surface area is 94.7 Å². The van der Waals surface area contributed by atoms with Crippen molar-refractivity contribution in [3.63, 3.8) is 0 Å². The molecule has 1 amide bonds. The van der Waals surface area contributed by atoms with E-state index in [9.17, 15) is 13.6 Å². The summed E-state index contributed by atoms with van der Waals surface area (Å²) in [6, 6.07) is 0.